The van der Waals surface area contributed by atoms with Crippen LogP contribution in [-0.2, 0) is 4.79 Å². The van der Waals surface area contributed by atoms with Crippen LogP contribution in [0.4, 0.5) is 14.5 Å². The van der Waals surface area contributed by atoms with Crippen LogP contribution < -0.4 is 5.32 Å². The summed E-state index contributed by atoms with van der Waals surface area (Å²) in [7, 11) is 0. The summed E-state index contributed by atoms with van der Waals surface area (Å²) in [5, 5.41) is 21.9. The molecule has 0 radical (unpaired) electrons. The second kappa shape index (κ2) is 6.98. The van der Waals surface area contributed by atoms with Crippen LogP contribution in [0.3, 0.4) is 0 Å². The van der Waals surface area contributed by atoms with E-state index in [-0.39, 0.29) is 18.0 Å². The lowest BCUT2D eigenvalue weighted by Gasteiger charge is -2.16. The van der Waals surface area contributed by atoms with E-state index in [9.17, 15) is 23.8 Å². The van der Waals surface area contributed by atoms with Crippen LogP contribution >= 0.6 is 0 Å². The maximum Gasteiger partial charge on any atom is 0.253 e. The third-order valence-corrected chi connectivity index (χ3v) is 3.89. The van der Waals surface area contributed by atoms with Crippen molar-refractivity contribution in [2.45, 2.75) is 37.9 Å². The molecule has 2 rings (SSSR count). The van der Waals surface area contributed by atoms with Gasteiger partial charge in [-0.25, -0.2) is 8.78 Å². The molecule has 0 spiro atoms. The predicted molar refractivity (Wildman–Crippen MR) is 78.1 cm³/mol. The molecule has 3 N–H and O–H groups in total. The highest BCUT2D eigenvalue weighted by Crippen LogP contribution is 2.33. The Bertz CT molecular complexity index is 577. The van der Waals surface area contributed by atoms with Crippen LogP contribution in [-0.4, -0.2) is 28.3 Å². The molecule has 1 aliphatic rings. The van der Waals surface area contributed by atoms with Crippen LogP contribution in [0.1, 0.15) is 25.7 Å². The first-order valence-electron chi connectivity index (χ1n) is 7.15. The van der Waals surface area contributed by atoms with Gasteiger partial charge in [-0.2, -0.15) is 0 Å². The normalized spacial score (nSPS) is 22.6. The molecule has 0 saturated heterocycles. The van der Waals surface area contributed by atoms with E-state index < -0.39 is 29.7 Å². The summed E-state index contributed by atoms with van der Waals surface area (Å²) in [4.78, 5) is 11.8. The highest BCUT2D eigenvalue weighted by Gasteiger charge is 2.29. The second-order valence-corrected chi connectivity index (χ2v) is 5.70. The van der Waals surface area contributed by atoms with Crippen molar-refractivity contribution in [1.82, 2.24) is 0 Å². The van der Waals surface area contributed by atoms with Crippen LogP contribution in [0.25, 0.3) is 0 Å². The van der Waals surface area contributed by atoms with E-state index >= 15 is 0 Å². The second-order valence-electron chi connectivity index (χ2n) is 5.70. The van der Waals surface area contributed by atoms with E-state index in [0.29, 0.717) is 19.3 Å². The van der Waals surface area contributed by atoms with Crippen molar-refractivity contribution >= 4 is 11.6 Å². The number of anilines is 1. The Labute approximate surface area is 127 Å². The fourth-order valence-corrected chi connectivity index (χ4v) is 2.65. The minimum Gasteiger partial charge on any atom is -0.392 e. The molecule has 22 heavy (non-hydrogen) atoms. The molecule has 1 aromatic carbocycles. The summed E-state index contributed by atoms with van der Waals surface area (Å²) in [6, 6.07) is 2.97. The number of carbonyl (C=O) groups is 1. The zero-order chi connectivity index (χ0) is 16.3. The first kappa shape index (κ1) is 16.6. The zero-order valence-corrected chi connectivity index (χ0v) is 12.1. The van der Waals surface area contributed by atoms with E-state index in [1.54, 1.807) is 0 Å². The van der Waals surface area contributed by atoms with Gasteiger partial charge >= 0.3 is 0 Å². The predicted octanol–water partition coefficient (Wildman–Crippen LogP) is 2.37. The van der Waals surface area contributed by atoms with Gasteiger partial charge in [0.1, 0.15) is 6.10 Å². The Balaban J connectivity index is 1.84. The Morgan fingerprint density at radius 2 is 2.09 bits per heavy atom. The number of nitrogens with one attached hydrogen (secondary N) is 1. The molecule has 0 aliphatic heterocycles. The summed E-state index contributed by atoms with van der Waals surface area (Å²) in [6.45, 7) is 3.82. The lowest BCUT2D eigenvalue weighted by molar-refractivity contribution is -0.124. The Morgan fingerprint density at radius 1 is 1.36 bits per heavy atom. The molecule has 0 bridgehead atoms. The summed E-state index contributed by atoms with van der Waals surface area (Å²) >= 11 is 0. The number of hydrogen-bond donors (Lipinski definition) is 3. The van der Waals surface area contributed by atoms with Gasteiger partial charge in [0.15, 0.2) is 11.6 Å². The molecule has 3 atom stereocenters. The Hall–Kier alpha value is -1.79. The molecule has 1 amide bonds. The number of amides is 1. The van der Waals surface area contributed by atoms with Crippen LogP contribution in [0.2, 0.25) is 0 Å². The van der Waals surface area contributed by atoms with E-state index in [4.69, 9.17) is 0 Å². The average molecular weight is 311 g/mol. The molecule has 120 valence electrons. The van der Waals surface area contributed by atoms with Gasteiger partial charge in [0.2, 0.25) is 0 Å². The number of rotatable bonds is 5. The van der Waals surface area contributed by atoms with Gasteiger partial charge in [-0.05, 0) is 43.7 Å². The van der Waals surface area contributed by atoms with Crippen molar-refractivity contribution in [3.8, 4) is 0 Å². The van der Waals surface area contributed by atoms with Crippen molar-refractivity contribution < 1.29 is 23.8 Å². The van der Waals surface area contributed by atoms with Gasteiger partial charge in [-0.1, -0.05) is 12.2 Å². The molecule has 3 unspecified atom stereocenters. The smallest absolute Gasteiger partial charge is 0.253 e. The van der Waals surface area contributed by atoms with E-state index in [1.807, 2.05) is 0 Å². The van der Waals surface area contributed by atoms with Crippen LogP contribution in [0.15, 0.2) is 30.4 Å². The minimum absolute atomic E-state index is 0.00165. The van der Waals surface area contributed by atoms with E-state index in [0.717, 1.165) is 17.7 Å². The molecule has 1 aliphatic carbocycles. The fraction of sp³-hybridized carbons (Fsp3) is 0.438. The lowest BCUT2D eigenvalue weighted by atomic mass is 9.97. The molecular formula is C16H19F2NO3. The number of aliphatic hydroxyl groups is 2. The average Bonchev–Trinajstić information content (AvgIpc) is 2.78. The zero-order valence-electron chi connectivity index (χ0n) is 12.1. The lowest BCUT2D eigenvalue weighted by Crippen LogP contribution is -2.28. The molecule has 0 heterocycles. The first-order chi connectivity index (χ1) is 10.4. The summed E-state index contributed by atoms with van der Waals surface area (Å²) in [5.74, 6) is -2.76. The van der Waals surface area contributed by atoms with E-state index in [1.165, 1.54) is 6.07 Å². The largest absolute Gasteiger partial charge is 0.392 e. The number of benzene rings is 1. The minimum atomic E-state index is -1.27. The molecule has 1 fully saturated rings. The third kappa shape index (κ3) is 4.11. The molecule has 1 saturated carbocycles. The first-order valence-corrected chi connectivity index (χ1v) is 7.15. The number of halogens is 2. The van der Waals surface area contributed by atoms with Gasteiger partial charge in [-0.15, -0.1) is 0 Å². The van der Waals surface area contributed by atoms with Crippen molar-refractivity contribution in [3.05, 3.63) is 42.0 Å². The fourth-order valence-electron chi connectivity index (χ4n) is 2.65. The number of hydrogen-bond acceptors (Lipinski definition) is 3. The number of carbonyl (C=O) groups excluding carboxylic acids is 1. The SMILES string of the molecule is C=C1CC(O)C(CCC(O)C(=O)Nc2ccc(F)c(F)c2)C1. The van der Waals surface area contributed by atoms with Gasteiger partial charge in [0, 0.05) is 11.8 Å². The van der Waals surface area contributed by atoms with Gasteiger partial charge in [0.05, 0.1) is 6.10 Å². The molecular weight excluding hydrogens is 292 g/mol. The van der Waals surface area contributed by atoms with Gasteiger partial charge in [-0.3, -0.25) is 4.79 Å². The molecule has 6 heteroatoms. The highest BCUT2D eigenvalue weighted by molar-refractivity contribution is 5.93. The summed E-state index contributed by atoms with van der Waals surface area (Å²) in [6.07, 6.45) is 0.181. The van der Waals surface area contributed by atoms with Gasteiger partial charge < -0.3 is 15.5 Å². The van der Waals surface area contributed by atoms with Crippen molar-refractivity contribution in [2.75, 3.05) is 5.32 Å². The maximum absolute atomic E-state index is 13.0. The van der Waals surface area contributed by atoms with Crippen molar-refractivity contribution in [2.24, 2.45) is 5.92 Å². The Morgan fingerprint density at radius 3 is 2.68 bits per heavy atom. The number of aliphatic hydroxyl groups excluding tert-OH is 2. The van der Waals surface area contributed by atoms with E-state index in [2.05, 4.69) is 11.9 Å². The standard InChI is InChI=1S/C16H19F2NO3/c1-9-6-10(15(21)7-9)2-5-14(20)16(22)19-11-3-4-12(17)13(18)8-11/h3-4,8,10,14-15,20-21H,1-2,5-7H2,(H,19,22). The molecule has 1 aromatic rings. The topological polar surface area (TPSA) is 69.6 Å². The molecule has 4 nitrogen and oxygen atoms in total. The third-order valence-electron chi connectivity index (χ3n) is 3.89. The van der Waals surface area contributed by atoms with Crippen LogP contribution in [0.5, 0.6) is 0 Å². The Kier molecular flexibility index (Phi) is 5.26. The van der Waals surface area contributed by atoms with Crippen molar-refractivity contribution in [3.63, 3.8) is 0 Å². The monoisotopic (exact) mass is 311 g/mol. The van der Waals surface area contributed by atoms with Crippen molar-refractivity contribution in [1.29, 1.82) is 0 Å². The quantitative estimate of drug-likeness (QED) is 0.731. The summed E-state index contributed by atoms with van der Waals surface area (Å²) < 4.78 is 25.8. The highest BCUT2D eigenvalue weighted by atomic mass is 19.2. The summed E-state index contributed by atoms with van der Waals surface area (Å²) in [5.41, 5.74) is 1.05. The maximum atomic E-state index is 13.0. The van der Waals surface area contributed by atoms with Gasteiger partial charge in [0.25, 0.3) is 5.91 Å². The van der Waals surface area contributed by atoms with Crippen LogP contribution in [0, 0.1) is 17.6 Å². The molecule has 0 aromatic heterocycles.